The third-order valence-electron chi connectivity index (χ3n) is 10.3. The lowest BCUT2D eigenvalue weighted by atomic mass is 9.43. The van der Waals surface area contributed by atoms with Gasteiger partial charge in [-0.2, -0.15) is 0 Å². The average Bonchev–Trinajstić information content (AvgIpc) is 3.02. The second-order valence-corrected chi connectivity index (χ2v) is 10.7. The van der Waals surface area contributed by atoms with Gasteiger partial charge < -0.3 is 9.84 Å². The molecule has 2 nitrogen and oxygen atoms in total. The van der Waals surface area contributed by atoms with Crippen LogP contribution in [-0.2, 0) is 4.74 Å². The fourth-order valence-corrected chi connectivity index (χ4v) is 9.25. The Morgan fingerprint density at radius 2 is 1.68 bits per heavy atom. The molecule has 5 rings (SSSR count). The molecule has 0 aliphatic heterocycles. The first-order valence-electron chi connectivity index (χ1n) is 11.3. The molecule has 0 aromatic rings. The maximum absolute atomic E-state index is 10.2. The average molecular weight is 347 g/mol. The maximum atomic E-state index is 10.2. The summed E-state index contributed by atoms with van der Waals surface area (Å²) < 4.78 is 5.97. The van der Waals surface area contributed by atoms with Crippen LogP contribution in [0.2, 0.25) is 0 Å². The van der Waals surface area contributed by atoms with Crippen molar-refractivity contribution in [1.29, 1.82) is 0 Å². The second kappa shape index (κ2) is 5.96. The number of aliphatic hydroxyl groups excluding tert-OH is 1. The van der Waals surface area contributed by atoms with E-state index in [1.807, 2.05) is 7.11 Å². The summed E-state index contributed by atoms with van der Waals surface area (Å²) in [5, 5.41) is 10.2. The summed E-state index contributed by atoms with van der Waals surface area (Å²) >= 11 is 0. The van der Waals surface area contributed by atoms with Gasteiger partial charge >= 0.3 is 0 Å². The van der Waals surface area contributed by atoms with Crippen molar-refractivity contribution < 1.29 is 9.84 Å². The van der Waals surface area contributed by atoms with E-state index in [9.17, 15) is 5.11 Å². The highest BCUT2D eigenvalue weighted by molar-refractivity contribution is 5.12. The predicted molar refractivity (Wildman–Crippen MR) is 100 cm³/mol. The molecule has 9 atom stereocenters. The minimum absolute atomic E-state index is 0.0128. The molecule has 1 N–H and O–H groups in total. The number of methoxy groups -OCH3 is 1. The van der Waals surface area contributed by atoms with Crippen LogP contribution in [0.1, 0.15) is 84.0 Å². The summed E-state index contributed by atoms with van der Waals surface area (Å²) in [5.41, 5.74) is 1.16. The molecule has 142 valence electrons. The molecule has 0 bridgehead atoms. The van der Waals surface area contributed by atoms with E-state index in [1.165, 1.54) is 64.2 Å². The molecule has 5 fully saturated rings. The Kier molecular flexibility index (Phi) is 4.06. The highest BCUT2D eigenvalue weighted by Crippen LogP contribution is 2.70. The Balaban J connectivity index is 1.44. The van der Waals surface area contributed by atoms with Crippen LogP contribution in [0, 0.1) is 40.4 Å². The summed E-state index contributed by atoms with van der Waals surface area (Å²) in [6.45, 7) is 2.61. The second-order valence-electron chi connectivity index (χ2n) is 10.7. The molecular formula is C23H38O2. The quantitative estimate of drug-likeness (QED) is 0.708. The minimum atomic E-state index is -0.0128. The summed E-state index contributed by atoms with van der Waals surface area (Å²) in [7, 11) is 1.96. The zero-order valence-electron chi connectivity index (χ0n) is 16.4. The van der Waals surface area contributed by atoms with E-state index in [1.54, 1.807) is 0 Å². The van der Waals surface area contributed by atoms with Crippen molar-refractivity contribution in [3.63, 3.8) is 0 Å². The Bertz CT molecular complexity index is 518. The van der Waals surface area contributed by atoms with Crippen molar-refractivity contribution in [1.82, 2.24) is 0 Å². The van der Waals surface area contributed by atoms with Crippen LogP contribution in [-0.4, -0.2) is 24.4 Å². The van der Waals surface area contributed by atoms with Gasteiger partial charge in [0.2, 0.25) is 0 Å². The van der Waals surface area contributed by atoms with Crippen LogP contribution in [0.4, 0.5) is 0 Å². The van der Waals surface area contributed by atoms with E-state index in [-0.39, 0.29) is 6.10 Å². The molecule has 0 heterocycles. The lowest BCUT2D eigenvalue weighted by molar-refractivity contribution is -0.150. The molecule has 0 saturated heterocycles. The summed E-state index contributed by atoms with van der Waals surface area (Å²) in [4.78, 5) is 0. The van der Waals surface area contributed by atoms with Crippen LogP contribution in [0.25, 0.3) is 0 Å². The van der Waals surface area contributed by atoms with E-state index in [0.717, 1.165) is 42.4 Å². The lowest BCUT2D eigenvalue weighted by Crippen LogP contribution is -2.56. The topological polar surface area (TPSA) is 29.5 Å². The smallest absolute Gasteiger partial charge is 0.0604 e. The highest BCUT2D eigenvalue weighted by Gasteiger charge is 2.63. The number of ether oxygens (including phenoxy) is 1. The molecule has 0 radical (unpaired) electrons. The van der Waals surface area contributed by atoms with Gasteiger partial charge in [0, 0.05) is 7.11 Å². The van der Waals surface area contributed by atoms with E-state index >= 15 is 0 Å². The van der Waals surface area contributed by atoms with Crippen LogP contribution in [0.15, 0.2) is 0 Å². The zero-order valence-corrected chi connectivity index (χ0v) is 16.4. The van der Waals surface area contributed by atoms with Gasteiger partial charge in [-0.1, -0.05) is 13.3 Å². The van der Waals surface area contributed by atoms with Crippen molar-refractivity contribution in [2.45, 2.75) is 96.2 Å². The predicted octanol–water partition coefficient (Wildman–Crippen LogP) is 5.19. The SMILES string of the molecule is CO[C@H]1CCCC23CC[C@H]4[C@@H](CC[C@H]5C[C@H](O)CC[C@@]54C)[C@@H]2CC[C@H]13. The molecule has 1 unspecified atom stereocenters. The molecular weight excluding hydrogens is 308 g/mol. The lowest BCUT2D eigenvalue weighted by Gasteiger charge is -2.62. The van der Waals surface area contributed by atoms with Crippen LogP contribution in [0.5, 0.6) is 0 Å². The van der Waals surface area contributed by atoms with Crippen LogP contribution in [0.3, 0.4) is 0 Å². The van der Waals surface area contributed by atoms with Crippen LogP contribution >= 0.6 is 0 Å². The molecule has 0 aromatic carbocycles. The number of aliphatic hydroxyl groups is 1. The molecule has 5 saturated carbocycles. The Morgan fingerprint density at radius 3 is 2.52 bits per heavy atom. The van der Waals surface area contributed by atoms with E-state index in [4.69, 9.17) is 4.74 Å². The molecule has 0 aromatic heterocycles. The van der Waals surface area contributed by atoms with E-state index in [0.29, 0.717) is 16.9 Å². The molecule has 0 amide bonds. The molecule has 2 heteroatoms. The zero-order chi connectivity index (χ0) is 17.2. The number of rotatable bonds is 1. The highest BCUT2D eigenvalue weighted by atomic mass is 16.5. The Morgan fingerprint density at radius 1 is 0.840 bits per heavy atom. The Hall–Kier alpha value is -0.0800. The van der Waals surface area contributed by atoms with Crippen molar-refractivity contribution in [2.75, 3.05) is 7.11 Å². The maximum Gasteiger partial charge on any atom is 0.0604 e. The molecule has 5 aliphatic rings. The van der Waals surface area contributed by atoms with Gasteiger partial charge in [0.1, 0.15) is 0 Å². The first kappa shape index (κ1) is 17.0. The summed E-state index contributed by atoms with van der Waals surface area (Å²) in [6, 6.07) is 0. The van der Waals surface area contributed by atoms with E-state index < -0.39 is 0 Å². The van der Waals surface area contributed by atoms with Gasteiger partial charge in [-0.3, -0.25) is 0 Å². The standard InChI is InChI=1S/C23H38O2/c1-22-12-9-16(24)14-15(22)5-6-17-18(22)10-13-23-11-3-4-21(25-2)20(23)8-7-19(17)23/h15-21,24H,3-14H2,1-2H3/t15-,16+,17+,18-,19-,20+,21-,22-,23?/m0/s1. The van der Waals surface area contributed by atoms with E-state index in [2.05, 4.69) is 6.92 Å². The fourth-order valence-electron chi connectivity index (χ4n) is 9.25. The normalized spacial score (nSPS) is 58.0. The molecule has 25 heavy (non-hydrogen) atoms. The molecule has 1 spiro atoms. The first-order valence-corrected chi connectivity index (χ1v) is 11.3. The van der Waals surface area contributed by atoms with Gasteiger partial charge in [-0.15, -0.1) is 0 Å². The third kappa shape index (κ3) is 2.29. The molecule has 5 aliphatic carbocycles. The van der Waals surface area contributed by atoms with Gasteiger partial charge in [-0.25, -0.2) is 0 Å². The number of fused-ring (bicyclic) bond motifs is 4. The largest absolute Gasteiger partial charge is 0.393 e. The number of hydrogen-bond acceptors (Lipinski definition) is 2. The van der Waals surface area contributed by atoms with Crippen molar-refractivity contribution in [3.05, 3.63) is 0 Å². The fraction of sp³-hybridized carbons (Fsp3) is 1.00. The van der Waals surface area contributed by atoms with Crippen molar-refractivity contribution in [2.24, 2.45) is 40.4 Å². The summed E-state index contributed by atoms with van der Waals surface area (Å²) in [5.74, 6) is 4.55. The van der Waals surface area contributed by atoms with Gasteiger partial charge in [0.15, 0.2) is 0 Å². The summed E-state index contributed by atoms with van der Waals surface area (Å²) in [6.07, 6.45) is 16.9. The van der Waals surface area contributed by atoms with Crippen molar-refractivity contribution in [3.8, 4) is 0 Å². The first-order chi connectivity index (χ1) is 12.1. The van der Waals surface area contributed by atoms with Crippen molar-refractivity contribution >= 4 is 0 Å². The van der Waals surface area contributed by atoms with Crippen LogP contribution < -0.4 is 0 Å². The minimum Gasteiger partial charge on any atom is -0.393 e. The monoisotopic (exact) mass is 346 g/mol. The number of hydrogen-bond donors (Lipinski definition) is 1. The van der Waals surface area contributed by atoms with Gasteiger partial charge in [0.05, 0.1) is 12.2 Å². The van der Waals surface area contributed by atoms with Gasteiger partial charge in [-0.05, 0) is 111 Å². The Labute approximate surface area is 154 Å². The van der Waals surface area contributed by atoms with Gasteiger partial charge in [0.25, 0.3) is 0 Å². The third-order valence-corrected chi connectivity index (χ3v) is 10.3.